The molecular weight excluding hydrogens is 244 g/mol. The highest BCUT2D eigenvalue weighted by molar-refractivity contribution is 5.85. The zero-order chi connectivity index (χ0) is 11.4. The molecule has 1 nitrogen and oxygen atoms in total. The van der Waals surface area contributed by atoms with Crippen molar-refractivity contribution >= 4 is 18.5 Å². The van der Waals surface area contributed by atoms with Crippen LogP contribution in [0.5, 0.6) is 0 Å². The van der Waals surface area contributed by atoms with Crippen LogP contribution in [0.25, 0.3) is 6.08 Å². The molecule has 1 saturated heterocycles. The van der Waals surface area contributed by atoms with Gasteiger partial charge < -0.3 is 5.32 Å². The SMILES string of the molecule is Cl.Fc1cc(F)cc(/C=C/C2CCCNC2)c1. The van der Waals surface area contributed by atoms with Crippen LogP contribution in [0.3, 0.4) is 0 Å². The quantitative estimate of drug-likeness (QED) is 0.858. The molecule has 0 aromatic heterocycles. The van der Waals surface area contributed by atoms with Gasteiger partial charge in [-0.2, -0.15) is 0 Å². The van der Waals surface area contributed by atoms with E-state index in [-0.39, 0.29) is 12.4 Å². The van der Waals surface area contributed by atoms with Gasteiger partial charge in [-0.05, 0) is 43.0 Å². The summed E-state index contributed by atoms with van der Waals surface area (Å²) in [6.07, 6.45) is 6.12. The van der Waals surface area contributed by atoms with E-state index in [9.17, 15) is 8.78 Å². The molecule has 1 unspecified atom stereocenters. The summed E-state index contributed by atoms with van der Waals surface area (Å²) in [5.41, 5.74) is 0.586. The van der Waals surface area contributed by atoms with E-state index in [1.807, 2.05) is 6.08 Å². The highest BCUT2D eigenvalue weighted by atomic mass is 35.5. The molecule has 1 aliphatic heterocycles. The standard InChI is InChI=1S/C13H15F2N.ClH/c14-12-6-11(7-13(15)8-12)4-3-10-2-1-5-16-9-10;/h3-4,6-8,10,16H,1-2,5,9H2;1H/b4-3+;. The number of benzene rings is 1. The van der Waals surface area contributed by atoms with Crippen LogP contribution in [-0.2, 0) is 0 Å². The minimum absolute atomic E-state index is 0. The van der Waals surface area contributed by atoms with Crippen LogP contribution in [0.4, 0.5) is 8.78 Å². The van der Waals surface area contributed by atoms with Crippen molar-refractivity contribution in [1.82, 2.24) is 5.32 Å². The van der Waals surface area contributed by atoms with E-state index in [1.54, 1.807) is 6.08 Å². The van der Waals surface area contributed by atoms with Gasteiger partial charge in [0.05, 0.1) is 0 Å². The van der Waals surface area contributed by atoms with Crippen molar-refractivity contribution in [1.29, 1.82) is 0 Å². The molecule has 2 rings (SSSR count). The molecular formula is C13H16ClF2N. The lowest BCUT2D eigenvalue weighted by Crippen LogP contribution is -2.28. The Balaban J connectivity index is 0.00000144. The topological polar surface area (TPSA) is 12.0 Å². The fourth-order valence-corrected chi connectivity index (χ4v) is 1.96. The number of hydrogen-bond acceptors (Lipinski definition) is 1. The second-order valence-corrected chi connectivity index (χ2v) is 4.17. The smallest absolute Gasteiger partial charge is 0.126 e. The molecule has 1 N–H and O–H groups in total. The summed E-state index contributed by atoms with van der Waals surface area (Å²) in [7, 11) is 0. The maximum Gasteiger partial charge on any atom is 0.126 e. The van der Waals surface area contributed by atoms with Gasteiger partial charge in [0.25, 0.3) is 0 Å². The van der Waals surface area contributed by atoms with E-state index in [2.05, 4.69) is 5.32 Å². The third kappa shape index (κ3) is 4.44. The molecule has 1 aromatic rings. The van der Waals surface area contributed by atoms with Gasteiger partial charge in [-0.15, -0.1) is 12.4 Å². The molecule has 0 radical (unpaired) electrons. The molecule has 1 atom stereocenters. The van der Waals surface area contributed by atoms with Gasteiger partial charge >= 0.3 is 0 Å². The first-order valence-corrected chi connectivity index (χ1v) is 5.59. The number of piperidine rings is 1. The van der Waals surface area contributed by atoms with Crippen molar-refractivity contribution in [2.75, 3.05) is 13.1 Å². The van der Waals surface area contributed by atoms with Crippen molar-refractivity contribution in [2.24, 2.45) is 5.92 Å². The lowest BCUT2D eigenvalue weighted by molar-refractivity contribution is 0.439. The average Bonchev–Trinajstić information content (AvgIpc) is 2.27. The van der Waals surface area contributed by atoms with Crippen molar-refractivity contribution in [3.8, 4) is 0 Å². The van der Waals surface area contributed by atoms with Crippen LogP contribution >= 0.6 is 12.4 Å². The van der Waals surface area contributed by atoms with Crippen molar-refractivity contribution < 1.29 is 8.78 Å². The molecule has 0 saturated carbocycles. The average molecular weight is 260 g/mol. The van der Waals surface area contributed by atoms with Crippen molar-refractivity contribution in [3.63, 3.8) is 0 Å². The Morgan fingerprint density at radius 3 is 2.47 bits per heavy atom. The van der Waals surface area contributed by atoms with Gasteiger partial charge in [-0.3, -0.25) is 0 Å². The second kappa shape index (κ2) is 6.72. The summed E-state index contributed by atoms with van der Waals surface area (Å²) < 4.78 is 25.8. The fourth-order valence-electron chi connectivity index (χ4n) is 1.96. The minimum Gasteiger partial charge on any atom is -0.316 e. The largest absolute Gasteiger partial charge is 0.316 e. The van der Waals surface area contributed by atoms with Crippen LogP contribution in [0.15, 0.2) is 24.3 Å². The number of halogens is 3. The first kappa shape index (κ1) is 14.1. The van der Waals surface area contributed by atoms with Gasteiger partial charge in [-0.25, -0.2) is 8.78 Å². The van der Waals surface area contributed by atoms with Gasteiger partial charge in [0.2, 0.25) is 0 Å². The summed E-state index contributed by atoms with van der Waals surface area (Å²) in [5, 5.41) is 3.29. The van der Waals surface area contributed by atoms with Crippen LogP contribution < -0.4 is 5.32 Å². The molecule has 1 fully saturated rings. The summed E-state index contributed by atoms with van der Waals surface area (Å²) in [4.78, 5) is 0. The van der Waals surface area contributed by atoms with E-state index in [0.29, 0.717) is 11.5 Å². The summed E-state index contributed by atoms with van der Waals surface area (Å²) in [6, 6.07) is 3.57. The molecule has 0 bridgehead atoms. The Kier molecular flexibility index (Phi) is 5.59. The molecule has 1 heterocycles. The Morgan fingerprint density at radius 2 is 1.88 bits per heavy atom. The Labute approximate surface area is 106 Å². The third-order valence-electron chi connectivity index (χ3n) is 2.78. The summed E-state index contributed by atoms with van der Waals surface area (Å²) in [5.74, 6) is -0.581. The monoisotopic (exact) mass is 259 g/mol. The number of hydrogen-bond donors (Lipinski definition) is 1. The van der Waals surface area contributed by atoms with Crippen LogP contribution in [0.2, 0.25) is 0 Å². The molecule has 4 heteroatoms. The summed E-state index contributed by atoms with van der Waals surface area (Å²) >= 11 is 0. The molecule has 0 spiro atoms. The highest BCUT2D eigenvalue weighted by Gasteiger charge is 2.08. The van der Waals surface area contributed by atoms with Crippen LogP contribution in [0, 0.1) is 17.6 Å². The Bertz CT molecular complexity index is 367. The van der Waals surface area contributed by atoms with E-state index in [4.69, 9.17) is 0 Å². The van der Waals surface area contributed by atoms with Crippen LogP contribution in [-0.4, -0.2) is 13.1 Å². The first-order chi connectivity index (χ1) is 7.74. The van der Waals surface area contributed by atoms with Gasteiger partial charge in [0, 0.05) is 12.6 Å². The van der Waals surface area contributed by atoms with Gasteiger partial charge in [0.15, 0.2) is 0 Å². The summed E-state index contributed by atoms with van der Waals surface area (Å²) in [6.45, 7) is 2.02. The van der Waals surface area contributed by atoms with Gasteiger partial charge in [-0.1, -0.05) is 12.2 Å². The van der Waals surface area contributed by atoms with E-state index < -0.39 is 11.6 Å². The van der Waals surface area contributed by atoms with Crippen LogP contribution in [0.1, 0.15) is 18.4 Å². The molecule has 94 valence electrons. The van der Waals surface area contributed by atoms with E-state index in [1.165, 1.54) is 12.1 Å². The van der Waals surface area contributed by atoms with Gasteiger partial charge in [0.1, 0.15) is 11.6 Å². The normalized spacial score (nSPS) is 20.2. The maximum absolute atomic E-state index is 12.9. The lowest BCUT2D eigenvalue weighted by atomic mass is 9.98. The molecule has 0 amide bonds. The predicted molar refractivity (Wildman–Crippen MR) is 68.2 cm³/mol. The van der Waals surface area contributed by atoms with Crippen molar-refractivity contribution in [2.45, 2.75) is 12.8 Å². The molecule has 0 aliphatic carbocycles. The molecule has 1 aromatic carbocycles. The fraction of sp³-hybridized carbons (Fsp3) is 0.385. The molecule has 17 heavy (non-hydrogen) atoms. The molecule has 1 aliphatic rings. The zero-order valence-electron chi connectivity index (χ0n) is 9.46. The Hall–Kier alpha value is -0.930. The minimum atomic E-state index is -0.526. The van der Waals surface area contributed by atoms with E-state index >= 15 is 0 Å². The lowest BCUT2D eigenvalue weighted by Gasteiger charge is -2.19. The third-order valence-corrected chi connectivity index (χ3v) is 2.78. The second-order valence-electron chi connectivity index (χ2n) is 4.17. The Morgan fingerprint density at radius 1 is 1.18 bits per heavy atom. The number of nitrogens with one attached hydrogen (secondary N) is 1. The maximum atomic E-state index is 12.9. The predicted octanol–water partition coefficient (Wildman–Crippen LogP) is 3.40. The number of rotatable bonds is 2. The van der Waals surface area contributed by atoms with Crippen molar-refractivity contribution in [3.05, 3.63) is 41.5 Å². The zero-order valence-corrected chi connectivity index (χ0v) is 10.3. The highest BCUT2D eigenvalue weighted by Crippen LogP contribution is 2.15. The van der Waals surface area contributed by atoms with E-state index in [0.717, 1.165) is 32.0 Å². The first-order valence-electron chi connectivity index (χ1n) is 5.59.